The number of unbranched alkanes of at least 4 members (excludes halogenated alkanes) is 1. The van der Waals surface area contributed by atoms with Gasteiger partial charge in [-0.15, -0.1) is 0 Å². The Balaban J connectivity index is 2.47. The number of nitrogens with two attached hydrogens (primary N) is 2. The van der Waals surface area contributed by atoms with Gasteiger partial charge in [-0.2, -0.15) is 0 Å². The normalized spacial score (nSPS) is 10.1. The van der Waals surface area contributed by atoms with E-state index in [-0.39, 0.29) is 12.6 Å². The highest BCUT2D eigenvalue weighted by molar-refractivity contribution is 5.69. The molecule has 1 aromatic carbocycles. The van der Waals surface area contributed by atoms with Crippen LogP contribution in [0.3, 0.4) is 0 Å². The van der Waals surface area contributed by atoms with Crippen LogP contribution in [0, 0.1) is 0 Å². The molecule has 1 aromatic rings. The summed E-state index contributed by atoms with van der Waals surface area (Å²) in [5, 5.41) is 0. The highest BCUT2D eigenvalue weighted by atomic mass is 16.5. The molecule has 0 aliphatic rings. The van der Waals surface area contributed by atoms with Crippen LogP contribution in [0.4, 0.5) is 11.4 Å². The van der Waals surface area contributed by atoms with Crippen molar-refractivity contribution in [3.05, 3.63) is 23.8 Å². The Morgan fingerprint density at radius 2 is 2.12 bits per heavy atom. The van der Waals surface area contributed by atoms with Gasteiger partial charge < -0.3 is 16.2 Å². The Morgan fingerprint density at radius 1 is 1.38 bits per heavy atom. The van der Waals surface area contributed by atoms with Gasteiger partial charge in [-0.1, -0.05) is 13.3 Å². The summed E-state index contributed by atoms with van der Waals surface area (Å²) in [6.07, 6.45) is 2.29. The van der Waals surface area contributed by atoms with Crippen LogP contribution in [-0.4, -0.2) is 5.97 Å². The number of rotatable bonds is 5. The van der Waals surface area contributed by atoms with Crippen molar-refractivity contribution >= 4 is 17.3 Å². The summed E-state index contributed by atoms with van der Waals surface area (Å²) in [4.78, 5) is 11.3. The SMILES string of the molecule is CCCCC(=O)OCc1cc(N)ccc1N. The molecule has 88 valence electrons. The fourth-order valence-electron chi connectivity index (χ4n) is 1.30. The summed E-state index contributed by atoms with van der Waals surface area (Å²) in [6, 6.07) is 5.16. The minimum Gasteiger partial charge on any atom is -0.461 e. The minimum atomic E-state index is -0.191. The molecule has 0 aliphatic heterocycles. The second-order valence-corrected chi connectivity index (χ2v) is 3.72. The number of esters is 1. The monoisotopic (exact) mass is 222 g/mol. The first kappa shape index (κ1) is 12.4. The zero-order valence-electron chi connectivity index (χ0n) is 9.53. The molecule has 4 heteroatoms. The molecule has 16 heavy (non-hydrogen) atoms. The standard InChI is InChI=1S/C12H18N2O2/c1-2-3-4-12(15)16-8-9-7-10(13)5-6-11(9)14/h5-7H,2-4,8,13-14H2,1H3. The van der Waals surface area contributed by atoms with E-state index in [1.54, 1.807) is 18.2 Å². The van der Waals surface area contributed by atoms with Crippen LogP contribution in [-0.2, 0) is 16.1 Å². The van der Waals surface area contributed by atoms with Gasteiger partial charge in [0.25, 0.3) is 0 Å². The Hall–Kier alpha value is -1.71. The van der Waals surface area contributed by atoms with Crippen molar-refractivity contribution in [2.75, 3.05) is 11.5 Å². The van der Waals surface area contributed by atoms with Gasteiger partial charge in [-0.25, -0.2) is 0 Å². The summed E-state index contributed by atoms with van der Waals surface area (Å²) in [5.41, 5.74) is 13.3. The largest absolute Gasteiger partial charge is 0.461 e. The van der Waals surface area contributed by atoms with E-state index in [1.807, 2.05) is 6.92 Å². The fraction of sp³-hybridized carbons (Fsp3) is 0.417. The van der Waals surface area contributed by atoms with E-state index in [4.69, 9.17) is 16.2 Å². The summed E-state index contributed by atoms with van der Waals surface area (Å²) in [5.74, 6) is -0.191. The zero-order chi connectivity index (χ0) is 12.0. The summed E-state index contributed by atoms with van der Waals surface area (Å²) < 4.78 is 5.09. The van der Waals surface area contributed by atoms with Crippen LogP contribution in [0.2, 0.25) is 0 Å². The minimum absolute atomic E-state index is 0.191. The lowest BCUT2D eigenvalue weighted by Gasteiger charge is -2.08. The number of carbonyl (C=O) groups excluding carboxylic acids is 1. The van der Waals surface area contributed by atoms with Crippen molar-refractivity contribution in [1.82, 2.24) is 0 Å². The average Bonchev–Trinajstić information content (AvgIpc) is 2.27. The third-order valence-electron chi connectivity index (χ3n) is 2.29. The van der Waals surface area contributed by atoms with Gasteiger partial charge in [0.05, 0.1) is 0 Å². The predicted molar refractivity (Wildman–Crippen MR) is 64.6 cm³/mol. The van der Waals surface area contributed by atoms with Crippen LogP contribution in [0.15, 0.2) is 18.2 Å². The van der Waals surface area contributed by atoms with Crippen LogP contribution in [0.25, 0.3) is 0 Å². The average molecular weight is 222 g/mol. The van der Waals surface area contributed by atoms with Crippen LogP contribution in [0.5, 0.6) is 0 Å². The molecule has 4 nitrogen and oxygen atoms in total. The first-order valence-corrected chi connectivity index (χ1v) is 5.43. The smallest absolute Gasteiger partial charge is 0.306 e. The van der Waals surface area contributed by atoms with E-state index in [1.165, 1.54) is 0 Å². The third kappa shape index (κ3) is 3.81. The molecule has 0 aliphatic carbocycles. The summed E-state index contributed by atoms with van der Waals surface area (Å²) in [6.45, 7) is 2.22. The molecule has 4 N–H and O–H groups in total. The van der Waals surface area contributed by atoms with Crippen molar-refractivity contribution in [3.8, 4) is 0 Å². The summed E-state index contributed by atoms with van der Waals surface area (Å²) in [7, 11) is 0. The van der Waals surface area contributed by atoms with E-state index < -0.39 is 0 Å². The molecule has 0 amide bonds. The number of carbonyl (C=O) groups is 1. The van der Waals surface area contributed by atoms with Crippen LogP contribution in [0.1, 0.15) is 31.7 Å². The highest BCUT2D eigenvalue weighted by Gasteiger charge is 2.05. The van der Waals surface area contributed by atoms with Gasteiger partial charge in [-0.05, 0) is 24.6 Å². The van der Waals surface area contributed by atoms with E-state index in [9.17, 15) is 4.79 Å². The molecule has 0 radical (unpaired) electrons. The van der Waals surface area contributed by atoms with Gasteiger partial charge in [0, 0.05) is 23.4 Å². The molecular formula is C12H18N2O2. The molecular weight excluding hydrogens is 204 g/mol. The lowest BCUT2D eigenvalue weighted by atomic mass is 10.2. The molecule has 0 atom stereocenters. The second-order valence-electron chi connectivity index (χ2n) is 3.72. The van der Waals surface area contributed by atoms with Gasteiger partial charge in [0.15, 0.2) is 0 Å². The molecule has 0 unspecified atom stereocenters. The number of nitrogen functional groups attached to an aromatic ring is 2. The third-order valence-corrected chi connectivity index (χ3v) is 2.29. The molecule has 0 heterocycles. The quantitative estimate of drug-likeness (QED) is 0.590. The first-order chi connectivity index (χ1) is 7.63. The maximum absolute atomic E-state index is 11.3. The molecule has 0 saturated heterocycles. The molecule has 0 bridgehead atoms. The number of ether oxygens (including phenoxy) is 1. The topological polar surface area (TPSA) is 78.3 Å². The number of benzene rings is 1. The molecule has 1 rings (SSSR count). The van der Waals surface area contributed by atoms with E-state index in [2.05, 4.69) is 0 Å². The lowest BCUT2D eigenvalue weighted by molar-refractivity contribution is -0.145. The van der Waals surface area contributed by atoms with Crippen molar-refractivity contribution in [1.29, 1.82) is 0 Å². The highest BCUT2D eigenvalue weighted by Crippen LogP contribution is 2.16. The molecule has 0 saturated carbocycles. The van der Waals surface area contributed by atoms with E-state index in [0.29, 0.717) is 17.8 Å². The number of hydrogen-bond donors (Lipinski definition) is 2. The number of hydrogen-bond acceptors (Lipinski definition) is 4. The van der Waals surface area contributed by atoms with Gasteiger partial charge >= 0.3 is 5.97 Å². The Bertz CT molecular complexity index is 364. The van der Waals surface area contributed by atoms with Crippen molar-refractivity contribution in [2.24, 2.45) is 0 Å². The maximum Gasteiger partial charge on any atom is 0.306 e. The Morgan fingerprint density at radius 3 is 2.81 bits per heavy atom. The van der Waals surface area contributed by atoms with Crippen LogP contribution >= 0.6 is 0 Å². The summed E-state index contributed by atoms with van der Waals surface area (Å²) >= 11 is 0. The second kappa shape index (κ2) is 6.00. The molecule has 0 aromatic heterocycles. The van der Waals surface area contributed by atoms with Crippen molar-refractivity contribution < 1.29 is 9.53 Å². The maximum atomic E-state index is 11.3. The first-order valence-electron chi connectivity index (χ1n) is 5.43. The van der Waals surface area contributed by atoms with Crippen LogP contribution < -0.4 is 11.5 Å². The van der Waals surface area contributed by atoms with Crippen molar-refractivity contribution in [2.45, 2.75) is 32.8 Å². The Kier molecular flexibility index (Phi) is 4.64. The van der Waals surface area contributed by atoms with Gasteiger partial charge in [0.2, 0.25) is 0 Å². The molecule has 0 spiro atoms. The van der Waals surface area contributed by atoms with E-state index >= 15 is 0 Å². The Labute approximate surface area is 95.6 Å². The zero-order valence-corrected chi connectivity index (χ0v) is 9.53. The lowest BCUT2D eigenvalue weighted by Crippen LogP contribution is -2.06. The van der Waals surface area contributed by atoms with Gasteiger partial charge in [0.1, 0.15) is 6.61 Å². The molecule has 0 fully saturated rings. The van der Waals surface area contributed by atoms with E-state index in [0.717, 1.165) is 18.4 Å². The van der Waals surface area contributed by atoms with Gasteiger partial charge in [-0.3, -0.25) is 4.79 Å². The number of anilines is 2. The van der Waals surface area contributed by atoms with Crippen molar-refractivity contribution in [3.63, 3.8) is 0 Å². The fourth-order valence-corrected chi connectivity index (χ4v) is 1.30. The predicted octanol–water partition coefficient (Wildman–Crippen LogP) is 2.08.